The topological polar surface area (TPSA) is 63.1 Å². The Balaban J connectivity index is 1.83. The third-order valence-electron chi connectivity index (χ3n) is 4.97. The normalized spacial score (nSPS) is 14.8. The quantitative estimate of drug-likeness (QED) is 0.592. The number of benzene rings is 1. The molecule has 2 heterocycles. The second kappa shape index (κ2) is 7.70. The van der Waals surface area contributed by atoms with E-state index < -0.39 is 12.7 Å². The van der Waals surface area contributed by atoms with Crippen molar-refractivity contribution < 1.29 is 18.0 Å². The highest BCUT2D eigenvalue weighted by molar-refractivity contribution is 6.34. The van der Waals surface area contributed by atoms with E-state index in [2.05, 4.69) is 15.3 Å². The van der Waals surface area contributed by atoms with Gasteiger partial charge in [-0.25, -0.2) is 9.97 Å². The van der Waals surface area contributed by atoms with Gasteiger partial charge in [-0.05, 0) is 44.6 Å². The number of rotatable bonds is 6. The summed E-state index contributed by atoms with van der Waals surface area (Å²) in [4.78, 5) is 22.5. The molecule has 0 bridgehead atoms. The molecule has 10 heteroatoms. The van der Waals surface area contributed by atoms with Crippen LogP contribution in [0.15, 0.2) is 18.2 Å². The predicted octanol–water partition coefficient (Wildman–Crippen LogP) is 3.89. The van der Waals surface area contributed by atoms with Gasteiger partial charge in [0.1, 0.15) is 23.4 Å². The van der Waals surface area contributed by atoms with Crippen molar-refractivity contribution in [3.05, 3.63) is 34.7 Å². The SMILES string of the molecule is CN(C)Cc1ccc2c(c1)c1nc(CNC(=O)C3CC3)nc(Cl)c1n2CC(F)(F)F. The maximum atomic E-state index is 13.3. The average Bonchev–Trinajstić information content (AvgIpc) is 3.44. The van der Waals surface area contributed by atoms with Gasteiger partial charge in [0.25, 0.3) is 0 Å². The molecule has 1 aliphatic carbocycles. The maximum absolute atomic E-state index is 13.3. The van der Waals surface area contributed by atoms with Crippen molar-refractivity contribution >= 4 is 39.4 Å². The van der Waals surface area contributed by atoms with Gasteiger partial charge < -0.3 is 14.8 Å². The summed E-state index contributed by atoms with van der Waals surface area (Å²) in [6, 6.07) is 5.29. The molecule has 0 radical (unpaired) electrons. The molecule has 160 valence electrons. The molecule has 0 atom stereocenters. The summed E-state index contributed by atoms with van der Waals surface area (Å²) in [7, 11) is 3.83. The van der Waals surface area contributed by atoms with Crippen molar-refractivity contribution in [3.8, 4) is 0 Å². The minimum Gasteiger partial charge on any atom is -0.349 e. The molecule has 0 saturated heterocycles. The van der Waals surface area contributed by atoms with Gasteiger partial charge in [0.15, 0.2) is 5.15 Å². The lowest BCUT2D eigenvalue weighted by molar-refractivity contribution is -0.139. The van der Waals surface area contributed by atoms with E-state index in [1.54, 1.807) is 12.1 Å². The van der Waals surface area contributed by atoms with Crippen LogP contribution in [0.5, 0.6) is 0 Å². The lowest BCUT2D eigenvalue weighted by Crippen LogP contribution is -2.25. The summed E-state index contributed by atoms with van der Waals surface area (Å²) in [6.07, 6.45) is -2.69. The fourth-order valence-electron chi connectivity index (χ4n) is 3.57. The van der Waals surface area contributed by atoms with Crippen molar-refractivity contribution in [3.63, 3.8) is 0 Å². The van der Waals surface area contributed by atoms with Gasteiger partial charge in [-0.2, -0.15) is 13.2 Å². The first-order valence-corrected chi connectivity index (χ1v) is 9.96. The Morgan fingerprint density at radius 3 is 2.67 bits per heavy atom. The van der Waals surface area contributed by atoms with Gasteiger partial charge >= 0.3 is 6.18 Å². The van der Waals surface area contributed by atoms with Crippen LogP contribution in [0.4, 0.5) is 13.2 Å². The number of hydrogen-bond acceptors (Lipinski definition) is 4. The number of nitrogens with zero attached hydrogens (tertiary/aromatic N) is 4. The number of aromatic nitrogens is 3. The maximum Gasteiger partial charge on any atom is 0.406 e. The molecule has 0 unspecified atom stereocenters. The van der Waals surface area contributed by atoms with Gasteiger partial charge in [0.05, 0.1) is 12.1 Å². The zero-order valence-corrected chi connectivity index (χ0v) is 17.3. The molecule has 1 amide bonds. The van der Waals surface area contributed by atoms with Gasteiger partial charge in [0.2, 0.25) is 5.91 Å². The third kappa shape index (κ3) is 4.37. The van der Waals surface area contributed by atoms with E-state index in [0.29, 0.717) is 23.0 Å². The average molecular weight is 440 g/mol. The molecule has 0 spiro atoms. The third-order valence-corrected chi connectivity index (χ3v) is 5.23. The smallest absolute Gasteiger partial charge is 0.349 e. The van der Waals surface area contributed by atoms with Crippen molar-refractivity contribution in [2.75, 3.05) is 14.1 Å². The zero-order chi connectivity index (χ0) is 21.6. The number of carbonyl (C=O) groups excluding carboxylic acids is 1. The molecular weight excluding hydrogens is 419 g/mol. The summed E-state index contributed by atoms with van der Waals surface area (Å²) in [5, 5.41) is 3.28. The molecule has 0 aliphatic heterocycles. The molecule has 30 heavy (non-hydrogen) atoms. The Kier molecular flexibility index (Phi) is 5.36. The Bertz CT molecular complexity index is 1120. The summed E-state index contributed by atoms with van der Waals surface area (Å²) in [6.45, 7) is -0.486. The Labute approximate surface area is 176 Å². The van der Waals surface area contributed by atoms with Gasteiger partial charge in [0, 0.05) is 17.8 Å². The first kappa shape index (κ1) is 20.9. The van der Waals surface area contributed by atoms with Crippen LogP contribution in [0, 0.1) is 5.92 Å². The largest absolute Gasteiger partial charge is 0.406 e. The number of fused-ring (bicyclic) bond motifs is 3. The predicted molar refractivity (Wildman–Crippen MR) is 108 cm³/mol. The van der Waals surface area contributed by atoms with Gasteiger partial charge in [-0.1, -0.05) is 17.7 Å². The monoisotopic (exact) mass is 439 g/mol. The van der Waals surface area contributed by atoms with E-state index in [0.717, 1.165) is 23.0 Å². The van der Waals surface area contributed by atoms with E-state index in [9.17, 15) is 18.0 Å². The molecule has 1 N–H and O–H groups in total. The Morgan fingerprint density at radius 2 is 2.03 bits per heavy atom. The Morgan fingerprint density at radius 1 is 1.30 bits per heavy atom. The van der Waals surface area contributed by atoms with Crippen LogP contribution >= 0.6 is 11.6 Å². The van der Waals surface area contributed by atoms with E-state index in [-0.39, 0.29) is 34.9 Å². The fourth-order valence-corrected chi connectivity index (χ4v) is 3.86. The summed E-state index contributed by atoms with van der Waals surface area (Å²) in [5.74, 6) is 0.236. The van der Waals surface area contributed by atoms with Crippen molar-refractivity contribution in [2.45, 2.75) is 38.7 Å². The second-order valence-corrected chi connectivity index (χ2v) is 8.27. The molecule has 3 aromatic rings. The minimum absolute atomic E-state index is 0.0338. The highest BCUT2D eigenvalue weighted by atomic mass is 35.5. The summed E-state index contributed by atoms with van der Waals surface area (Å²) < 4.78 is 40.9. The molecule has 1 aromatic carbocycles. The zero-order valence-electron chi connectivity index (χ0n) is 16.6. The number of halogens is 4. The van der Waals surface area contributed by atoms with Crippen LogP contribution in [0.2, 0.25) is 5.15 Å². The molecule has 4 rings (SSSR count). The first-order valence-electron chi connectivity index (χ1n) is 9.59. The summed E-state index contributed by atoms with van der Waals surface area (Å²) in [5.41, 5.74) is 1.82. The fraction of sp³-hybridized carbons (Fsp3) is 0.450. The highest BCUT2D eigenvalue weighted by Crippen LogP contribution is 2.35. The van der Waals surface area contributed by atoms with Crippen molar-refractivity contribution in [1.82, 2.24) is 24.8 Å². The number of carbonyl (C=O) groups is 1. The van der Waals surface area contributed by atoms with Crippen molar-refractivity contribution in [2.24, 2.45) is 5.92 Å². The van der Waals surface area contributed by atoms with Crippen LogP contribution in [-0.4, -0.2) is 45.6 Å². The van der Waals surface area contributed by atoms with E-state index in [4.69, 9.17) is 11.6 Å². The number of nitrogens with one attached hydrogen (secondary N) is 1. The minimum atomic E-state index is -4.43. The molecule has 1 saturated carbocycles. The van der Waals surface area contributed by atoms with Crippen LogP contribution < -0.4 is 5.32 Å². The van der Waals surface area contributed by atoms with E-state index in [1.165, 1.54) is 0 Å². The Hall–Kier alpha value is -2.39. The van der Waals surface area contributed by atoms with Crippen LogP contribution in [-0.2, 0) is 24.4 Å². The van der Waals surface area contributed by atoms with E-state index in [1.807, 2.05) is 25.1 Å². The van der Waals surface area contributed by atoms with Crippen LogP contribution in [0.25, 0.3) is 21.9 Å². The number of amides is 1. The first-order chi connectivity index (χ1) is 14.1. The molecule has 1 fully saturated rings. The highest BCUT2D eigenvalue weighted by Gasteiger charge is 2.32. The summed E-state index contributed by atoms with van der Waals surface area (Å²) >= 11 is 6.32. The number of alkyl halides is 3. The van der Waals surface area contributed by atoms with E-state index >= 15 is 0 Å². The number of hydrogen-bond donors (Lipinski definition) is 1. The van der Waals surface area contributed by atoms with Crippen molar-refractivity contribution in [1.29, 1.82) is 0 Å². The molecule has 2 aromatic heterocycles. The van der Waals surface area contributed by atoms with Gasteiger partial charge in [-0.3, -0.25) is 4.79 Å². The molecule has 6 nitrogen and oxygen atoms in total. The lowest BCUT2D eigenvalue weighted by Gasteiger charge is -2.12. The van der Waals surface area contributed by atoms with Crippen LogP contribution in [0.3, 0.4) is 0 Å². The van der Waals surface area contributed by atoms with Crippen LogP contribution in [0.1, 0.15) is 24.2 Å². The van der Waals surface area contributed by atoms with Gasteiger partial charge in [-0.15, -0.1) is 0 Å². The molecule has 1 aliphatic rings. The molecular formula is C20H21ClF3N5O. The standard InChI is InChI=1S/C20H21ClF3N5O/c1-28(2)9-11-3-6-14-13(7-11)16-17(29(14)10-20(22,23)24)18(21)27-15(26-16)8-25-19(30)12-4-5-12/h3,6-7,12H,4-5,8-10H2,1-2H3,(H,25,30). The lowest BCUT2D eigenvalue weighted by atomic mass is 10.1. The second-order valence-electron chi connectivity index (χ2n) is 7.91.